The lowest BCUT2D eigenvalue weighted by molar-refractivity contribution is -0.126. The minimum Gasteiger partial charge on any atom is -0.349 e. The SMILES string of the molecule is CSc1ccc(S(=O)(=O)N2CCC(C(=O)N[C@@H](C)c3cc(C)c(C)cc3C)CC2)cc1. The molecule has 1 aliphatic heterocycles. The lowest BCUT2D eigenvalue weighted by atomic mass is 9.94. The molecule has 2 aromatic rings. The predicted molar refractivity (Wildman–Crippen MR) is 127 cm³/mol. The topological polar surface area (TPSA) is 66.5 Å². The van der Waals surface area contributed by atoms with Crippen molar-refractivity contribution >= 4 is 27.7 Å². The number of rotatable bonds is 6. The summed E-state index contributed by atoms with van der Waals surface area (Å²) < 4.78 is 27.4. The van der Waals surface area contributed by atoms with Crippen LogP contribution >= 0.6 is 11.8 Å². The van der Waals surface area contributed by atoms with Gasteiger partial charge < -0.3 is 5.32 Å². The average molecular weight is 461 g/mol. The smallest absolute Gasteiger partial charge is 0.243 e. The number of amides is 1. The highest BCUT2D eigenvalue weighted by Gasteiger charge is 2.32. The molecule has 7 heteroatoms. The molecule has 0 unspecified atom stereocenters. The number of nitrogens with zero attached hydrogens (tertiary/aromatic N) is 1. The Balaban J connectivity index is 1.61. The fraction of sp³-hybridized carbons (Fsp3) is 0.458. The van der Waals surface area contributed by atoms with Crippen molar-refractivity contribution in [2.45, 2.75) is 56.4 Å². The van der Waals surface area contributed by atoms with E-state index in [-0.39, 0.29) is 17.9 Å². The van der Waals surface area contributed by atoms with Crippen molar-refractivity contribution in [3.8, 4) is 0 Å². The number of sulfonamides is 1. The molecule has 31 heavy (non-hydrogen) atoms. The van der Waals surface area contributed by atoms with E-state index in [1.807, 2.05) is 25.3 Å². The minimum absolute atomic E-state index is 0.00602. The Bertz CT molecular complexity index is 1040. The zero-order valence-electron chi connectivity index (χ0n) is 18.9. The lowest BCUT2D eigenvalue weighted by Gasteiger charge is -2.31. The summed E-state index contributed by atoms with van der Waals surface area (Å²) in [4.78, 5) is 14.2. The van der Waals surface area contributed by atoms with E-state index >= 15 is 0 Å². The first-order chi connectivity index (χ1) is 14.6. The van der Waals surface area contributed by atoms with E-state index in [0.717, 1.165) is 10.5 Å². The lowest BCUT2D eigenvalue weighted by Crippen LogP contribution is -2.43. The Morgan fingerprint density at radius 1 is 1.03 bits per heavy atom. The molecular formula is C24H32N2O3S2. The molecule has 168 valence electrons. The summed E-state index contributed by atoms with van der Waals surface area (Å²) in [5.74, 6) is -0.161. The van der Waals surface area contributed by atoms with E-state index < -0.39 is 10.0 Å². The molecule has 0 spiro atoms. The maximum Gasteiger partial charge on any atom is 0.243 e. The highest BCUT2D eigenvalue weighted by Crippen LogP contribution is 2.27. The standard InChI is InChI=1S/C24H32N2O3S2/c1-16-14-18(3)23(15-17(16)2)19(4)25-24(27)20-10-12-26(13-11-20)31(28,29)22-8-6-21(30-5)7-9-22/h6-9,14-15,19-20H,10-13H2,1-5H3,(H,25,27)/t19-/m0/s1. The first-order valence-corrected chi connectivity index (χ1v) is 13.3. The average Bonchev–Trinajstić information content (AvgIpc) is 2.76. The minimum atomic E-state index is -3.52. The van der Waals surface area contributed by atoms with Gasteiger partial charge in [-0.1, -0.05) is 12.1 Å². The number of hydrogen-bond donors (Lipinski definition) is 1. The number of carbonyl (C=O) groups excluding carboxylic acids is 1. The molecule has 5 nitrogen and oxygen atoms in total. The highest BCUT2D eigenvalue weighted by molar-refractivity contribution is 7.98. The van der Waals surface area contributed by atoms with Gasteiger partial charge in [-0.05, 0) is 93.3 Å². The molecule has 3 rings (SSSR count). The van der Waals surface area contributed by atoms with Crippen LogP contribution in [0.3, 0.4) is 0 Å². The molecule has 0 aliphatic carbocycles. The van der Waals surface area contributed by atoms with Gasteiger partial charge in [0, 0.05) is 23.9 Å². The zero-order valence-corrected chi connectivity index (χ0v) is 20.6. The van der Waals surface area contributed by atoms with Crippen LogP contribution < -0.4 is 5.32 Å². The van der Waals surface area contributed by atoms with Gasteiger partial charge in [0.25, 0.3) is 0 Å². The van der Waals surface area contributed by atoms with Crippen LogP contribution in [-0.2, 0) is 14.8 Å². The number of hydrogen-bond acceptors (Lipinski definition) is 4. The molecule has 0 bridgehead atoms. The van der Waals surface area contributed by atoms with Gasteiger partial charge in [-0.3, -0.25) is 4.79 Å². The van der Waals surface area contributed by atoms with Crippen molar-refractivity contribution in [3.05, 3.63) is 58.7 Å². The monoisotopic (exact) mass is 460 g/mol. The van der Waals surface area contributed by atoms with Gasteiger partial charge in [-0.25, -0.2) is 8.42 Å². The molecule has 1 aliphatic rings. The van der Waals surface area contributed by atoms with Crippen molar-refractivity contribution in [3.63, 3.8) is 0 Å². The van der Waals surface area contributed by atoms with E-state index in [0.29, 0.717) is 30.8 Å². The van der Waals surface area contributed by atoms with E-state index in [4.69, 9.17) is 0 Å². The van der Waals surface area contributed by atoms with Crippen LogP contribution in [0.2, 0.25) is 0 Å². The second kappa shape index (κ2) is 9.76. The summed E-state index contributed by atoms with van der Waals surface area (Å²) in [5, 5.41) is 3.14. The van der Waals surface area contributed by atoms with Crippen LogP contribution in [0.5, 0.6) is 0 Å². The number of nitrogens with one attached hydrogen (secondary N) is 1. The summed E-state index contributed by atoms with van der Waals surface area (Å²) in [6.45, 7) is 8.97. The van der Waals surface area contributed by atoms with Crippen molar-refractivity contribution < 1.29 is 13.2 Å². The highest BCUT2D eigenvalue weighted by atomic mass is 32.2. The molecule has 1 atom stereocenters. The predicted octanol–water partition coefficient (Wildman–Crippen LogP) is 4.61. The van der Waals surface area contributed by atoms with Gasteiger partial charge >= 0.3 is 0 Å². The zero-order chi connectivity index (χ0) is 22.8. The normalized spacial score (nSPS) is 16.8. The van der Waals surface area contributed by atoms with E-state index in [2.05, 4.69) is 38.2 Å². The maximum absolute atomic E-state index is 12.9. The van der Waals surface area contributed by atoms with Crippen LogP contribution in [0.1, 0.15) is 48.1 Å². The molecule has 1 saturated heterocycles. The molecule has 1 fully saturated rings. The third kappa shape index (κ3) is 5.33. The Kier molecular flexibility index (Phi) is 7.50. The second-order valence-electron chi connectivity index (χ2n) is 8.38. The molecule has 1 N–H and O–H groups in total. The summed E-state index contributed by atoms with van der Waals surface area (Å²) in [5.41, 5.74) is 4.76. The molecule has 2 aromatic carbocycles. The van der Waals surface area contributed by atoms with Gasteiger partial charge in [0.2, 0.25) is 15.9 Å². The third-order valence-corrected chi connectivity index (χ3v) is 8.89. The number of thioether (sulfide) groups is 1. The Morgan fingerprint density at radius 3 is 2.19 bits per heavy atom. The van der Waals surface area contributed by atoms with E-state index in [9.17, 15) is 13.2 Å². The summed E-state index contributed by atoms with van der Waals surface area (Å²) in [6.07, 6.45) is 3.03. The van der Waals surface area contributed by atoms with Crippen molar-refractivity contribution in [2.24, 2.45) is 5.92 Å². The van der Waals surface area contributed by atoms with Gasteiger partial charge in [0.05, 0.1) is 10.9 Å². The molecule has 0 radical (unpaired) electrons. The van der Waals surface area contributed by atoms with Crippen molar-refractivity contribution in [2.75, 3.05) is 19.3 Å². The fourth-order valence-corrected chi connectivity index (χ4v) is 5.99. The van der Waals surface area contributed by atoms with Gasteiger partial charge in [0.1, 0.15) is 0 Å². The van der Waals surface area contributed by atoms with Crippen LogP contribution in [0, 0.1) is 26.7 Å². The Hall–Kier alpha value is -1.83. The van der Waals surface area contributed by atoms with Crippen LogP contribution in [0.4, 0.5) is 0 Å². The third-order valence-electron chi connectivity index (χ3n) is 6.23. The van der Waals surface area contributed by atoms with Crippen molar-refractivity contribution in [1.82, 2.24) is 9.62 Å². The van der Waals surface area contributed by atoms with E-state index in [1.54, 1.807) is 23.9 Å². The Labute approximate surface area is 190 Å². The second-order valence-corrected chi connectivity index (χ2v) is 11.2. The molecular weight excluding hydrogens is 428 g/mol. The number of aryl methyl sites for hydroxylation is 3. The first-order valence-electron chi connectivity index (χ1n) is 10.7. The largest absolute Gasteiger partial charge is 0.349 e. The van der Waals surface area contributed by atoms with Crippen LogP contribution in [-0.4, -0.2) is 38.0 Å². The fourth-order valence-electron chi connectivity index (χ4n) is 4.11. The molecule has 1 heterocycles. The number of benzene rings is 2. The quantitative estimate of drug-likeness (QED) is 0.639. The summed E-state index contributed by atoms with van der Waals surface area (Å²) in [6, 6.07) is 11.2. The number of carbonyl (C=O) groups is 1. The summed E-state index contributed by atoms with van der Waals surface area (Å²) >= 11 is 1.58. The van der Waals surface area contributed by atoms with Crippen LogP contribution in [0.25, 0.3) is 0 Å². The van der Waals surface area contributed by atoms with Crippen LogP contribution in [0.15, 0.2) is 46.2 Å². The molecule has 1 amide bonds. The number of piperidine rings is 1. The van der Waals surface area contributed by atoms with Crippen molar-refractivity contribution in [1.29, 1.82) is 0 Å². The maximum atomic E-state index is 12.9. The van der Waals surface area contributed by atoms with Gasteiger partial charge in [-0.15, -0.1) is 11.8 Å². The Morgan fingerprint density at radius 2 is 1.61 bits per heavy atom. The first kappa shape index (κ1) is 23.8. The van der Waals surface area contributed by atoms with Gasteiger partial charge in [0.15, 0.2) is 0 Å². The van der Waals surface area contributed by atoms with E-state index in [1.165, 1.54) is 21.0 Å². The molecule has 0 aromatic heterocycles. The van der Waals surface area contributed by atoms with Gasteiger partial charge in [-0.2, -0.15) is 4.31 Å². The summed E-state index contributed by atoms with van der Waals surface area (Å²) in [7, 11) is -3.52. The molecule has 0 saturated carbocycles.